The summed E-state index contributed by atoms with van der Waals surface area (Å²) < 4.78 is 12.6. The van der Waals surface area contributed by atoms with Crippen LogP contribution in [0.3, 0.4) is 0 Å². The first-order valence-electron chi connectivity index (χ1n) is 18.6. The van der Waals surface area contributed by atoms with Gasteiger partial charge < -0.3 is 0 Å². The van der Waals surface area contributed by atoms with Gasteiger partial charge >= 0.3 is 321 Å². The molecule has 0 aliphatic heterocycles. The average molecular weight is 1030 g/mol. The summed E-state index contributed by atoms with van der Waals surface area (Å²) >= 11 is 2.35. The second-order valence-electron chi connectivity index (χ2n) is 18.0. The Balaban J connectivity index is 0.00000232. The summed E-state index contributed by atoms with van der Waals surface area (Å²) in [6.07, 6.45) is 16.5. The third-order valence-electron chi connectivity index (χ3n) is 16.8. The van der Waals surface area contributed by atoms with Crippen LogP contribution in [0, 0.1) is 27.6 Å². The molecular weight excluding hydrogens is 974 g/mol. The topological polar surface area (TPSA) is 0 Å². The Morgan fingerprint density at radius 3 is 1.85 bits per heavy atom. The molecule has 3 atom stereocenters. The summed E-state index contributed by atoms with van der Waals surface area (Å²) in [6.45, 7) is 21.3. The zero-order chi connectivity index (χ0) is 35.7. The molecule has 0 aromatic heterocycles. The van der Waals surface area contributed by atoms with Crippen molar-refractivity contribution in [1.82, 2.24) is 0 Å². The van der Waals surface area contributed by atoms with Gasteiger partial charge in [-0.2, -0.15) is 0 Å². The molecule has 0 nitrogen and oxygen atoms in total. The molecule has 5 aliphatic carbocycles. The van der Waals surface area contributed by atoms with Crippen molar-refractivity contribution in [2.24, 2.45) is 27.6 Å². The van der Waals surface area contributed by atoms with Crippen LogP contribution in [0.25, 0.3) is 5.57 Å². The number of allylic oxidation sites excluding steroid dienone is 10. The van der Waals surface area contributed by atoms with Crippen LogP contribution in [0.4, 0.5) is 0 Å². The van der Waals surface area contributed by atoms with Gasteiger partial charge in [0, 0.05) is 0 Å². The molecule has 0 amide bonds. The molecule has 52 heavy (non-hydrogen) atoms. The molecule has 3 unspecified atom stereocenters. The van der Waals surface area contributed by atoms with E-state index >= 15 is 0 Å². The molecule has 1 saturated carbocycles. The maximum absolute atomic E-state index is 6.09. The SMILES string of the molecule is Cl.Cl.[CH2]=[Hf]([C]1=CC=CC1)([c]1ccc(Br)cc1)([c]1ccc(Br)cc1)[C]1(C)C2=C3Cc4ccccc4C3=C3C=CCCC3C2(C)C(C)(C)C(C)(C)C1(C)C. The summed E-state index contributed by atoms with van der Waals surface area (Å²) in [7, 11) is 0. The summed E-state index contributed by atoms with van der Waals surface area (Å²) in [6, 6.07) is 28.4. The van der Waals surface area contributed by atoms with Gasteiger partial charge in [-0.25, -0.2) is 0 Å². The summed E-state index contributed by atoms with van der Waals surface area (Å²) in [4.78, 5) is 0. The van der Waals surface area contributed by atoms with E-state index in [1.807, 2.05) is 0 Å². The van der Waals surface area contributed by atoms with Crippen LogP contribution in [0.15, 0.2) is 132 Å². The fourth-order valence-electron chi connectivity index (χ4n) is 12.8. The third-order valence-corrected chi connectivity index (χ3v) is 46.9. The normalized spacial score (nSPS) is 27.8. The van der Waals surface area contributed by atoms with Gasteiger partial charge in [0.15, 0.2) is 0 Å². The molecule has 5 aliphatic rings. The quantitative estimate of drug-likeness (QED) is 0.229. The molecule has 5 heteroatoms. The van der Waals surface area contributed by atoms with Crippen molar-refractivity contribution >= 4 is 73.1 Å². The minimum atomic E-state index is -5.35. The van der Waals surface area contributed by atoms with Gasteiger partial charge in [0.1, 0.15) is 0 Å². The molecular formula is C47H54Br2Cl2Hf. The molecule has 1 fully saturated rings. The first kappa shape index (κ1) is 40.3. The second-order valence-corrected chi connectivity index (χ2v) is 40.4. The van der Waals surface area contributed by atoms with E-state index < -0.39 is 18.0 Å². The number of rotatable bonds is 4. The Labute approximate surface area is 343 Å². The maximum atomic E-state index is 6.09. The molecule has 0 heterocycles. The molecule has 8 rings (SSSR count). The van der Waals surface area contributed by atoms with Gasteiger partial charge in [0.2, 0.25) is 0 Å². The summed E-state index contributed by atoms with van der Waals surface area (Å²) in [5, 5.41) is 0. The molecule has 0 N–H and O–H groups in total. The van der Waals surface area contributed by atoms with Gasteiger partial charge in [-0.05, 0) is 0 Å². The fraction of sp³-hybridized carbons (Fsp3) is 0.383. The number of fused-ring (bicyclic) bond motifs is 6. The molecule has 0 bridgehead atoms. The number of halogens is 4. The van der Waals surface area contributed by atoms with E-state index in [-0.39, 0.29) is 49.6 Å². The minimum absolute atomic E-state index is 0. The van der Waals surface area contributed by atoms with E-state index in [0.29, 0.717) is 5.92 Å². The van der Waals surface area contributed by atoms with Crippen LogP contribution in [-0.4, -0.2) is 4.26 Å². The monoisotopic (exact) mass is 1030 g/mol. The van der Waals surface area contributed by atoms with E-state index in [0.717, 1.165) is 28.2 Å². The average Bonchev–Trinajstić information content (AvgIpc) is 3.77. The molecule has 0 spiro atoms. The van der Waals surface area contributed by atoms with Gasteiger partial charge in [-0.15, -0.1) is 24.8 Å². The number of hydrogen-bond acceptors (Lipinski definition) is 0. The first-order chi connectivity index (χ1) is 23.5. The van der Waals surface area contributed by atoms with Crippen molar-refractivity contribution < 1.29 is 18.0 Å². The Morgan fingerprint density at radius 2 is 1.29 bits per heavy atom. The van der Waals surface area contributed by atoms with E-state index in [1.54, 1.807) is 25.6 Å². The van der Waals surface area contributed by atoms with Crippen LogP contribution in [-0.2, 0) is 24.4 Å². The van der Waals surface area contributed by atoms with Crippen molar-refractivity contribution in [3.63, 3.8) is 0 Å². The molecule has 274 valence electrons. The van der Waals surface area contributed by atoms with Crippen molar-refractivity contribution in [2.75, 3.05) is 0 Å². The number of hydrogen-bond donors (Lipinski definition) is 0. The van der Waals surface area contributed by atoms with E-state index in [4.69, 9.17) is 4.26 Å². The van der Waals surface area contributed by atoms with Crippen molar-refractivity contribution in [3.05, 3.63) is 143 Å². The Morgan fingerprint density at radius 1 is 0.712 bits per heavy atom. The Kier molecular flexibility index (Phi) is 9.95. The van der Waals surface area contributed by atoms with Gasteiger partial charge in [0.05, 0.1) is 0 Å². The van der Waals surface area contributed by atoms with Crippen LogP contribution < -0.4 is 6.64 Å². The predicted molar refractivity (Wildman–Crippen MR) is 235 cm³/mol. The standard InChI is InChI=1S/C29H37.2C6H4Br.C5H5.CH2.2ClH.Hf/c1-18-25-22-17-19-13-9-10-14-20(19)24(22)21-15-11-12-16-23(21)29(25,8)28(6,7)27(4,5)26(18,2)3;2*7-6-4-2-1-3-5-6;1-2-4-5-3-1;;;;/h9-11,13-15,23H,12,16-17H2,1-8H3;2*2-5H;1-3H,4H2;1H2;2*1H;. The van der Waals surface area contributed by atoms with Crippen LogP contribution >= 0.6 is 56.7 Å². The predicted octanol–water partition coefficient (Wildman–Crippen LogP) is 13.5. The molecule has 3 aromatic rings. The van der Waals surface area contributed by atoms with Crippen molar-refractivity contribution in [1.29, 1.82) is 0 Å². The van der Waals surface area contributed by atoms with Crippen LogP contribution in [0.2, 0.25) is 3.17 Å². The van der Waals surface area contributed by atoms with Crippen LogP contribution in [0.5, 0.6) is 0 Å². The summed E-state index contributed by atoms with van der Waals surface area (Å²) in [5.41, 5.74) is 9.07. The van der Waals surface area contributed by atoms with Crippen molar-refractivity contribution in [2.45, 2.75) is 84.2 Å². The molecule has 0 radical (unpaired) electrons. The van der Waals surface area contributed by atoms with Gasteiger partial charge in [-0.3, -0.25) is 0 Å². The van der Waals surface area contributed by atoms with E-state index in [9.17, 15) is 0 Å². The fourth-order valence-corrected chi connectivity index (χ4v) is 43.4. The van der Waals surface area contributed by atoms with Crippen molar-refractivity contribution in [3.8, 4) is 0 Å². The zero-order valence-corrected chi connectivity index (χ0v) is 40.4. The number of benzene rings is 3. The van der Waals surface area contributed by atoms with E-state index in [2.05, 4.69) is 190 Å². The first-order valence-corrected chi connectivity index (χ1v) is 30.0. The van der Waals surface area contributed by atoms with Gasteiger partial charge in [-0.1, -0.05) is 0 Å². The Hall–Kier alpha value is -1.36. The molecule has 0 saturated heterocycles. The van der Waals surface area contributed by atoms with Gasteiger partial charge in [0.25, 0.3) is 0 Å². The van der Waals surface area contributed by atoms with E-state index in [1.165, 1.54) is 24.2 Å². The third kappa shape index (κ3) is 4.44. The summed E-state index contributed by atoms with van der Waals surface area (Å²) in [5.74, 6) is 0.428. The Bertz CT molecular complexity index is 2140. The van der Waals surface area contributed by atoms with Crippen LogP contribution in [0.1, 0.15) is 85.8 Å². The second kappa shape index (κ2) is 12.8. The molecule has 3 aromatic carbocycles. The zero-order valence-electron chi connectivity index (χ0n) is 32.0.